The molecule has 0 radical (unpaired) electrons. The van der Waals surface area contributed by atoms with Gasteiger partial charge >= 0.3 is 0 Å². The molecular weight excluding hydrogens is 314 g/mol. The zero-order valence-electron chi connectivity index (χ0n) is 14.3. The van der Waals surface area contributed by atoms with E-state index in [4.69, 9.17) is 9.47 Å². The molecule has 0 amide bonds. The molecule has 4 rings (SSSR count). The van der Waals surface area contributed by atoms with E-state index >= 15 is 0 Å². The molecule has 0 fully saturated rings. The molecule has 5 heteroatoms. The second-order valence-corrected chi connectivity index (χ2v) is 6.28. The van der Waals surface area contributed by atoms with Crippen LogP contribution in [0, 0.1) is 0 Å². The summed E-state index contributed by atoms with van der Waals surface area (Å²) in [4.78, 5) is 2.26. The molecule has 0 aliphatic carbocycles. The highest BCUT2D eigenvalue weighted by Gasteiger charge is 2.12. The van der Waals surface area contributed by atoms with Crippen molar-refractivity contribution in [3.8, 4) is 17.2 Å². The van der Waals surface area contributed by atoms with Crippen LogP contribution in [0.2, 0.25) is 0 Å². The van der Waals surface area contributed by atoms with Crippen LogP contribution in [0.1, 0.15) is 11.1 Å². The summed E-state index contributed by atoms with van der Waals surface area (Å²) >= 11 is 0. The molecule has 0 N–H and O–H groups in total. The first-order chi connectivity index (χ1) is 12.3. The maximum Gasteiger partial charge on any atom is 0.161 e. The summed E-state index contributed by atoms with van der Waals surface area (Å²) in [5, 5.41) is 4.46. The number of nitrogens with zero attached hydrogens (tertiary/aromatic N) is 3. The number of hydrogen-bond donors (Lipinski definition) is 0. The molecule has 0 unspecified atom stereocenters. The summed E-state index contributed by atoms with van der Waals surface area (Å²) in [5.74, 6) is 1.68. The highest BCUT2D eigenvalue weighted by molar-refractivity contribution is 5.43. The van der Waals surface area contributed by atoms with Crippen molar-refractivity contribution in [1.82, 2.24) is 14.7 Å². The lowest BCUT2D eigenvalue weighted by atomic mass is 10.1. The van der Waals surface area contributed by atoms with Crippen molar-refractivity contribution in [2.24, 2.45) is 0 Å². The molecule has 0 bridgehead atoms. The summed E-state index contributed by atoms with van der Waals surface area (Å²) in [5.41, 5.74) is 3.47. The van der Waals surface area contributed by atoms with Crippen LogP contribution in [0.4, 0.5) is 0 Å². The van der Waals surface area contributed by atoms with Crippen molar-refractivity contribution in [3.63, 3.8) is 0 Å². The van der Waals surface area contributed by atoms with Crippen molar-refractivity contribution in [1.29, 1.82) is 0 Å². The summed E-state index contributed by atoms with van der Waals surface area (Å²) in [7, 11) is 2.11. The van der Waals surface area contributed by atoms with Crippen molar-refractivity contribution in [2.45, 2.75) is 13.1 Å². The van der Waals surface area contributed by atoms with E-state index in [-0.39, 0.29) is 0 Å². The van der Waals surface area contributed by atoms with Gasteiger partial charge < -0.3 is 9.47 Å². The average molecular weight is 335 g/mol. The van der Waals surface area contributed by atoms with Gasteiger partial charge in [-0.15, -0.1) is 0 Å². The summed E-state index contributed by atoms with van der Waals surface area (Å²) in [6.07, 6.45) is 4.00. The fourth-order valence-electron chi connectivity index (χ4n) is 3.03. The number of para-hydroxylation sites is 1. The number of benzene rings is 2. The van der Waals surface area contributed by atoms with Gasteiger partial charge in [-0.05, 0) is 36.9 Å². The van der Waals surface area contributed by atoms with E-state index < -0.39 is 0 Å². The summed E-state index contributed by atoms with van der Waals surface area (Å²) < 4.78 is 13.1. The van der Waals surface area contributed by atoms with Gasteiger partial charge in [-0.2, -0.15) is 5.10 Å². The molecule has 0 atom stereocenters. The van der Waals surface area contributed by atoms with Crippen LogP contribution in [-0.2, 0) is 13.1 Å². The minimum absolute atomic E-state index is 0.616. The zero-order chi connectivity index (χ0) is 17.1. The maximum atomic E-state index is 5.66. The quantitative estimate of drug-likeness (QED) is 0.717. The Balaban J connectivity index is 1.41. The van der Waals surface area contributed by atoms with E-state index in [2.05, 4.69) is 47.5 Å². The van der Waals surface area contributed by atoms with Gasteiger partial charge in [0.05, 0.1) is 11.9 Å². The van der Waals surface area contributed by atoms with Gasteiger partial charge in [-0.3, -0.25) is 4.90 Å². The van der Waals surface area contributed by atoms with Crippen LogP contribution < -0.4 is 9.47 Å². The fourth-order valence-corrected chi connectivity index (χ4v) is 3.03. The molecule has 1 aliphatic heterocycles. The Kier molecular flexibility index (Phi) is 4.39. The predicted molar refractivity (Wildman–Crippen MR) is 96.2 cm³/mol. The normalized spacial score (nSPS) is 13.2. The lowest BCUT2D eigenvalue weighted by molar-refractivity contribution is 0.171. The monoisotopic (exact) mass is 335 g/mol. The second-order valence-electron chi connectivity index (χ2n) is 6.28. The van der Waals surface area contributed by atoms with Crippen molar-refractivity contribution in [3.05, 3.63) is 72.1 Å². The largest absolute Gasteiger partial charge is 0.486 e. The van der Waals surface area contributed by atoms with Gasteiger partial charge in [0.2, 0.25) is 0 Å². The molecule has 0 spiro atoms. The first-order valence-corrected chi connectivity index (χ1v) is 8.44. The molecule has 0 saturated heterocycles. The predicted octanol–water partition coefficient (Wildman–Crippen LogP) is 3.28. The van der Waals surface area contributed by atoms with E-state index in [0.29, 0.717) is 13.2 Å². The SMILES string of the molecule is CN(Cc1ccc2c(c1)OCCO2)Cc1cnn(-c2ccccc2)c1. The molecule has 128 valence electrons. The van der Waals surface area contributed by atoms with Gasteiger partial charge in [0.1, 0.15) is 13.2 Å². The third-order valence-corrected chi connectivity index (χ3v) is 4.17. The number of aromatic nitrogens is 2. The fraction of sp³-hybridized carbons (Fsp3) is 0.250. The highest BCUT2D eigenvalue weighted by atomic mass is 16.6. The van der Waals surface area contributed by atoms with E-state index in [1.54, 1.807) is 0 Å². The lowest BCUT2D eigenvalue weighted by Gasteiger charge is -2.20. The van der Waals surface area contributed by atoms with Gasteiger partial charge in [0.25, 0.3) is 0 Å². The van der Waals surface area contributed by atoms with Crippen LogP contribution >= 0.6 is 0 Å². The Morgan fingerprint density at radius 3 is 2.56 bits per heavy atom. The van der Waals surface area contributed by atoms with Gasteiger partial charge in [0, 0.05) is 24.8 Å². The second kappa shape index (κ2) is 6.99. The highest BCUT2D eigenvalue weighted by Crippen LogP contribution is 2.31. The molecule has 5 nitrogen and oxygen atoms in total. The standard InChI is InChI=1S/C20H21N3O2/c1-22(13-16-7-8-19-20(11-16)25-10-9-24-19)14-17-12-21-23(15-17)18-5-3-2-4-6-18/h2-8,11-12,15H,9-10,13-14H2,1H3. The van der Waals surface area contributed by atoms with E-state index in [1.807, 2.05) is 35.1 Å². The van der Waals surface area contributed by atoms with E-state index in [0.717, 1.165) is 30.3 Å². The van der Waals surface area contributed by atoms with Gasteiger partial charge in [0.15, 0.2) is 11.5 Å². The third kappa shape index (κ3) is 3.67. The lowest BCUT2D eigenvalue weighted by Crippen LogP contribution is -2.18. The Morgan fingerprint density at radius 2 is 1.72 bits per heavy atom. The molecule has 1 aromatic heterocycles. The van der Waals surface area contributed by atoms with E-state index in [1.165, 1.54) is 11.1 Å². The Morgan fingerprint density at radius 1 is 0.960 bits per heavy atom. The Labute approximate surface area is 147 Å². The van der Waals surface area contributed by atoms with Crippen LogP contribution in [0.3, 0.4) is 0 Å². The van der Waals surface area contributed by atoms with Gasteiger partial charge in [-0.1, -0.05) is 24.3 Å². The first-order valence-electron chi connectivity index (χ1n) is 8.44. The number of fused-ring (bicyclic) bond motifs is 1. The topological polar surface area (TPSA) is 39.5 Å². The molecule has 0 saturated carbocycles. The molecule has 2 heterocycles. The Hall–Kier alpha value is -2.79. The number of rotatable bonds is 5. The first kappa shape index (κ1) is 15.7. The van der Waals surface area contributed by atoms with Crippen LogP contribution in [0.25, 0.3) is 5.69 Å². The summed E-state index contributed by atoms with van der Waals surface area (Å²) in [6, 6.07) is 16.3. The van der Waals surface area contributed by atoms with Crippen LogP contribution in [0.5, 0.6) is 11.5 Å². The summed E-state index contributed by atoms with van der Waals surface area (Å²) in [6.45, 7) is 2.91. The number of hydrogen-bond acceptors (Lipinski definition) is 4. The molecule has 25 heavy (non-hydrogen) atoms. The van der Waals surface area contributed by atoms with Crippen LogP contribution in [0.15, 0.2) is 60.9 Å². The van der Waals surface area contributed by atoms with E-state index in [9.17, 15) is 0 Å². The van der Waals surface area contributed by atoms with Crippen molar-refractivity contribution < 1.29 is 9.47 Å². The average Bonchev–Trinajstić information content (AvgIpc) is 3.10. The minimum Gasteiger partial charge on any atom is -0.486 e. The maximum absolute atomic E-state index is 5.66. The number of ether oxygens (including phenoxy) is 2. The molecule has 2 aromatic carbocycles. The van der Waals surface area contributed by atoms with Crippen LogP contribution in [-0.4, -0.2) is 34.9 Å². The third-order valence-electron chi connectivity index (χ3n) is 4.17. The molecule has 1 aliphatic rings. The smallest absolute Gasteiger partial charge is 0.161 e. The molecular formula is C20H21N3O2. The van der Waals surface area contributed by atoms with Crippen molar-refractivity contribution >= 4 is 0 Å². The zero-order valence-corrected chi connectivity index (χ0v) is 14.3. The molecule has 3 aromatic rings. The minimum atomic E-state index is 0.616. The van der Waals surface area contributed by atoms with Gasteiger partial charge in [-0.25, -0.2) is 4.68 Å². The van der Waals surface area contributed by atoms with Crippen molar-refractivity contribution in [2.75, 3.05) is 20.3 Å². The Bertz CT molecular complexity index is 845.